The molecular formula is C48H87N13O15S2. The maximum Gasteiger partial charge on any atom is 0.326 e. The van der Waals surface area contributed by atoms with Crippen molar-refractivity contribution in [1.82, 2.24) is 53.2 Å². The SMILES string of the molecule is CSCC[C@H](NC(=O)[C@H](CO)NC(=O)[C@H](CC(C)C)NC(=O)CNC(=O)[C@H](CCCCN)NC(=O)[C@@H](N)CCSC)C(=O)N[C@@H](C)C(=O)N[C@@H](CCCCN)C(=O)N[C@@H](CCC(=O)O)C(=O)NCC(=O)N[C@H](C(=O)O)C(C)C. The minimum Gasteiger partial charge on any atom is -0.481 e. The van der Waals surface area contributed by atoms with Gasteiger partial charge in [-0.15, -0.1) is 0 Å². The molecule has 78 heavy (non-hydrogen) atoms. The van der Waals surface area contributed by atoms with E-state index in [4.69, 9.17) is 17.2 Å². The summed E-state index contributed by atoms with van der Waals surface area (Å²) in [6.45, 7) is 6.25. The van der Waals surface area contributed by atoms with Crippen molar-refractivity contribution in [1.29, 1.82) is 0 Å². The first-order chi connectivity index (χ1) is 36.8. The highest BCUT2D eigenvalue weighted by atomic mass is 32.2. The average Bonchev–Trinajstić information content (AvgIpc) is 3.37. The number of nitrogens with one attached hydrogen (secondary N) is 10. The molecule has 0 rings (SSSR count). The van der Waals surface area contributed by atoms with Crippen molar-refractivity contribution >= 4 is 94.5 Å². The third-order valence-electron chi connectivity index (χ3n) is 11.7. The number of unbranched alkanes of at least 4 members (excludes halogenated alkanes) is 2. The van der Waals surface area contributed by atoms with Crippen LogP contribution in [0.4, 0.5) is 0 Å². The number of thioether (sulfide) groups is 2. The van der Waals surface area contributed by atoms with Crippen molar-refractivity contribution in [2.45, 2.75) is 160 Å². The summed E-state index contributed by atoms with van der Waals surface area (Å²) >= 11 is 2.83. The van der Waals surface area contributed by atoms with E-state index >= 15 is 0 Å². The molecule has 446 valence electrons. The Morgan fingerprint density at radius 3 is 1.37 bits per heavy atom. The summed E-state index contributed by atoms with van der Waals surface area (Å²) in [6.07, 6.45) is 4.97. The summed E-state index contributed by atoms with van der Waals surface area (Å²) in [5.41, 5.74) is 17.2. The van der Waals surface area contributed by atoms with Gasteiger partial charge in [-0.05, 0) is 120 Å². The number of rotatable bonds is 42. The largest absolute Gasteiger partial charge is 0.481 e. The minimum atomic E-state index is -1.64. The second-order valence-corrected chi connectivity index (χ2v) is 21.2. The molecular weight excluding hydrogens is 1060 g/mol. The number of carbonyl (C=O) groups excluding carboxylic acids is 10. The molecule has 0 heterocycles. The molecule has 10 amide bonds. The van der Waals surface area contributed by atoms with E-state index in [0.717, 1.165) is 0 Å². The van der Waals surface area contributed by atoms with Gasteiger partial charge < -0.3 is 85.7 Å². The fraction of sp³-hybridized carbons (Fsp3) is 0.750. The Bertz CT molecular complexity index is 1970. The second-order valence-electron chi connectivity index (χ2n) is 19.2. The van der Waals surface area contributed by atoms with Gasteiger partial charge in [0.05, 0.1) is 25.7 Å². The molecule has 0 aromatic heterocycles. The van der Waals surface area contributed by atoms with Gasteiger partial charge in [0.1, 0.15) is 48.3 Å². The molecule has 0 spiro atoms. The first-order valence-electron chi connectivity index (χ1n) is 25.9. The lowest BCUT2D eigenvalue weighted by molar-refractivity contribution is -0.143. The van der Waals surface area contributed by atoms with Crippen molar-refractivity contribution in [2.75, 3.05) is 56.8 Å². The lowest BCUT2D eigenvalue weighted by Crippen LogP contribution is -2.60. The minimum absolute atomic E-state index is 0.00272. The van der Waals surface area contributed by atoms with E-state index in [1.807, 2.05) is 6.26 Å². The van der Waals surface area contributed by atoms with E-state index in [9.17, 15) is 72.9 Å². The zero-order valence-electron chi connectivity index (χ0n) is 45.9. The molecule has 28 nitrogen and oxygen atoms in total. The summed E-state index contributed by atoms with van der Waals surface area (Å²) in [6, 6.07) is -11.7. The van der Waals surface area contributed by atoms with Gasteiger partial charge in [0.15, 0.2) is 0 Å². The molecule has 0 aromatic rings. The van der Waals surface area contributed by atoms with Crippen molar-refractivity contribution in [3.05, 3.63) is 0 Å². The van der Waals surface area contributed by atoms with Crippen LogP contribution >= 0.6 is 23.5 Å². The van der Waals surface area contributed by atoms with Crippen LogP contribution in [-0.2, 0) is 57.5 Å². The van der Waals surface area contributed by atoms with Gasteiger partial charge in [-0.1, -0.05) is 27.7 Å². The van der Waals surface area contributed by atoms with Crippen LogP contribution in [0.2, 0.25) is 0 Å². The van der Waals surface area contributed by atoms with Crippen LogP contribution in [0, 0.1) is 11.8 Å². The molecule has 0 saturated carbocycles. The Hall–Kier alpha value is -5.82. The third-order valence-corrected chi connectivity index (χ3v) is 13.0. The number of carboxylic acid groups (broad SMARTS) is 2. The molecule has 0 aliphatic heterocycles. The Morgan fingerprint density at radius 1 is 0.474 bits per heavy atom. The number of nitrogens with two attached hydrogens (primary N) is 3. The summed E-state index contributed by atoms with van der Waals surface area (Å²) in [5, 5.41) is 53.4. The molecule has 0 fully saturated rings. The second kappa shape index (κ2) is 40.4. The van der Waals surface area contributed by atoms with Crippen LogP contribution in [0.25, 0.3) is 0 Å². The molecule has 0 aromatic carbocycles. The Labute approximate surface area is 464 Å². The topological polar surface area (TPSA) is 464 Å². The fourth-order valence-corrected chi connectivity index (χ4v) is 8.13. The van der Waals surface area contributed by atoms with E-state index < -0.39 is 164 Å². The predicted octanol–water partition coefficient (Wildman–Crippen LogP) is -4.15. The maximum absolute atomic E-state index is 13.7. The van der Waals surface area contributed by atoms with Crippen molar-refractivity contribution < 1.29 is 72.9 Å². The monoisotopic (exact) mass is 1150 g/mol. The van der Waals surface area contributed by atoms with Gasteiger partial charge >= 0.3 is 11.9 Å². The lowest BCUT2D eigenvalue weighted by atomic mass is 10.0. The first-order valence-corrected chi connectivity index (χ1v) is 28.7. The summed E-state index contributed by atoms with van der Waals surface area (Å²) in [4.78, 5) is 156. The van der Waals surface area contributed by atoms with Crippen LogP contribution in [0.5, 0.6) is 0 Å². The van der Waals surface area contributed by atoms with Crippen LogP contribution < -0.4 is 70.4 Å². The number of carboxylic acids is 2. The van der Waals surface area contributed by atoms with E-state index in [0.29, 0.717) is 50.2 Å². The standard InChI is InChI=1S/C48H87N13O15S2/c1-26(2)22-34(55-36(63)23-52-42(69)30(12-8-10-18-49)57-41(68)29(51)16-20-77-6)46(73)60-35(25-62)47(74)59-33(17-21-78-7)44(71)54-28(5)40(67)56-31(13-9-11-19-50)45(72)58-32(14-15-38(65)66)43(70)53-24-37(64)61-39(27(3)4)48(75)76/h26-35,39,62H,8-25,49-51H2,1-7H3,(H,52,69)(H,53,70)(H,54,71)(H,55,63)(H,56,67)(H,57,68)(H,58,72)(H,59,74)(H,60,73)(H,61,64)(H,65,66)(H,75,76)/t28-,29-,30-,31-,32-,33-,34-,35-,39-/m0/s1. The molecule has 0 unspecified atom stereocenters. The van der Waals surface area contributed by atoms with Gasteiger partial charge in [-0.25, -0.2) is 4.79 Å². The molecule has 30 heteroatoms. The molecule has 19 N–H and O–H groups in total. The highest BCUT2D eigenvalue weighted by Gasteiger charge is 2.34. The molecule has 0 aliphatic rings. The van der Waals surface area contributed by atoms with Crippen molar-refractivity contribution in [2.24, 2.45) is 29.0 Å². The Balaban J connectivity index is 6.08. The van der Waals surface area contributed by atoms with E-state index in [-0.39, 0.29) is 38.1 Å². The Morgan fingerprint density at radius 2 is 0.897 bits per heavy atom. The van der Waals surface area contributed by atoms with Gasteiger partial charge in [0, 0.05) is 6.42 Å². The first kappa shape index (κ1) is 72.2. The summed E-state index contributed by atoms with van der Waals surface area (Å²) in [5.74, 6) is -10.7. The van der Waals surface area contributed by atoms with Gasteiger partial charge in [0.2, 0.25) is 59.1 Å². The van der Waals surface area contributed by atoms with Gasteiger partial charge in [-0.2, -0.15) is 23.5 Å². The molecule has 0 aliphatic carbocycles. The van der Waals surface area contributed by atoms with E-state index in [1.165, 1.54) is 30.4 Å². The number of aliphatic hydroxyl groups excluding tert-OH is 1. The average molecular weight is 1150 g/mol. The van der Waals surface area contributed by atoms with Crippen LogP contribution in [0.1, 0.15) is 105 Å². The maximum atomic E-state index is 13.7. The van der Waals surface area contributed by atoms with Crippen LogP contribution in [0.15, 0.2) is 0 Å². The van der Waals surface area contributed by atoms with Crippen molar-refractivity contribution in [3.63, 3.8) is 0 Å². The number of aliphatic carboxylic acids is 2. The highest BCUT2D eigenvalue weighted by Crippen LogP contribution is 2.10. The van der Waals surface area contributed by atoms with Crippen molar-refractivity contribution in [3.8, 4) is 0 Å². The zero-order chi connectivity index (χ0) is 59.5. The highest BCUT2D eigenvalue weighted by molar-refractivity contribution is 7.98. The van der Waals surface area contributed by atoms with Gasteiger partial charge in [-0.3, -0.25) is 52.7 Å². The van der Waals surface area contributed by atoms with Gasteiger partial charge in [0.25, 0.3) is 0 Å². The number of hydrogen-bond donors (Lipinski definition) is 16. The molecule has 0 saturated heterocycles. The quantitative estimate of drug-likeness (QED) is 0.0258. The Kier molecular flexibility index (Phi) is 37.4. The number of amides is 10. The number of hydrogen-bond acceptors (Lipinski definition) is 18. The van der Waals surface area contributed by atoms with Crippen LogP contribution in [0.3, 0.4) is 0 Å². The zero-order valence-corrected chi connectivity index (χ0v) is 47.5. The van der Waals surface area contributed by atoms with E-state index in [2.05, 4.69) is 53.2 Å². The molecule has 0 bridgehead atoms. The molecule has 0 radical (unpaired) electrons. The fourth-order valence-electron chi connectivity index (χ4n) is 7.17. The lowest BCUT2D eigenvalue weighted by Gasteiger charge is -2.26. The molecule has 9 atom stereocenters. The number of carbonyl (C=O) groups is 12. The van der Waals surface area contributed by atoms with Crippen LogP contribution in [-0.4, -0.2) is 198 Å². The summed E-state index contributed by atoms with van der Waals surface area (Å²) in [7, 11) is 0. The third kappa shape index (κ3) is 30.4. The smallest absolute Gasteiger partial charge is 0.326 e. The number of aliphatic hydroxyl groups is 1. The predicted molar refractivity (Wildman–Crippen MR) is 293 cm³/mol. The van der Waals surface area contributed by atoms with E-state index in [1.54, 1.807) is 34.0 Å². The normalized spacial score (nSPS) is 14.6. The summed E-state index contributed by atoms with van der Waals surface area (Å²) < 4.78 is 0.